The van der Waals surface area contributed by atoms with E-state index in [2.05, 4.69) is 0 Å². The minimum atomic E-state index is -3.10. The number of halogens is 1. The van der Waals surface area contributed by atoms with Gasteiger partial charge in [-0.2, -0.15) is 0 Å². The van der Waals surface area contributed by atoms with E-state index in [4.69, 9.17) is 5.73 Å². The normalized spacial score (nSPS) is 14.6. The molecule has 0 radical (unpaired) electrons. The van der Waals surface area contributed by atoms with Crippen LogP contribution in [-0.2, 0) is 9.84 Å². The molecule has 0 saturated carbocycles. The number of sulfone groups is 1. The van der Waals surface area contributed by atoms with Gasteiger partial charge in [-0.1, -0.05) is 0 Å². The summed E-state index contributed by atoms with van der Waals surface area (Å²) in [6.45, 7) is 1.39. The number of nitrogens with two attached hydrogens (primary N) is 1. The van der Waals surface area contributed by atoms with E-state index in [0.717, 1.165) is 0 Å². The van der Waals surface area contributed by atoms with Crippen LogP contribution in [0.1, 0.15) is 19.8 Å². The van der Waals surface area contributed by atoms with Gasteiger partial charge in [-0.05, 0) is 26.3 Å². The number of rotatable bonds is 6. The first-order valence-electron chi connectivity index (χ1n) is 4.02. The van der Waals surface area contributed by atoms with Gasteiger partial charge < -0.3 is 5.73 Å². The number of alkyl halides is 1. The molecule has 74 valence electrons. The first kappa shape index (κ1) is 11.8. The second-order valence-corrected chi connectivity index (χ2v) is 5.34. The minimum absolute atomic E-state index is 0.0648. The first-order valence-corrected chi connectivity index (χ1v) is 5.73. The Hall–Kier alpha value is -0.160. The van der Waals surface area contributed by atoms with Crippen LogP contribution in [-0.4, -0.2) is 32.6 Å². The van der Waals surface area contributed by atoms with E-state index in [0.29, 0.717) is 13.0 Å². The van der Waals surface area contributed by atoms with E-state index in [-0.39, 0.29) is 12.2 Å². The van der Waals surface area contributed by atoms with Crippen LogP contribution in [0.5, 0.6) is 0 Å². The van der Waals surface area contributed by atoms with Gasteiger partial charge in [0.05, 0.1) is 17.7 Å². The highest BCUT2D eigenvalue weighted by Crippen LogP contribution is 2.06. The molecule has 0 heterocycles. The predicted molar refractivity (Wildman–Crippen MR) is 47.5 cm³/mol. The van der Waals surface area contributed by atoms with Crippen LogP contribution in [0.25, 0.3) is 0 Å². The molecule has 3 nitrogen and oxygen atoms in total. The van der Waals surface area contributed by atoms with Crippen molar-refractivity contribution >= 4 is 9.84 Å². The van der Waals surface area contributed by atoms with Crippen LogP contribution in [0.15, 0.2) is 0 Å². The van der Waals surface area contributed by atoms with Crippen LogP contribution < -0.4 is 5.73 Å². The van der Waals surface area contributed by atoms with Crippen molar-refractivity contribution in [2.75, 3.05) is 19.0 Å². The molecule has 0 spiro atoms. The van der Waals surface area contributed by atoms with Crippen molar-refractivity contribution in [3.8, 4) is 0 Å². The third-order valence-electron chi connectivity index (χ3n) is 1.75. The zero-order chi connectivity index (χ0) is 9.61. The van der Waals surface area contributed by atoms with Gasteiger partial charge in [0, 0.05) is 0 Å². The van der Waals surface area contributed by atoms with Crippen molar-refractivity contribution in [1.29, 1.82) is 0 Å². The zero-order valence-electron chi connectivity index (χ0n) is 7.29. The van der Waals surface area contributed by atoms with Crippen LogP contribution in [0.3, 0.4) is 0 Å². The van der Waals surface area contributed by atoms with E-state index in [9.17, 15) is 12.8 Å². The maximum atomic E-state index is 11.7. The van der Waals surface area contributed by atoms with Gasteiger partial charge in [0.2, 0.25) is 0 Å². The second kappa shape index (κ2) is 5.48. The van der Waals surface area contributed by atoms with E-state index in [1.54, 1.807) is 6.92 Å². The average molecular weight is 197 g/mol. The monoisotopic (exact) mass is 197 g/mol. The van der Waals surface area contributed by atoms with Gasteiger partial charge in [-0.25, -0.2) is 8.42 Å². The standard InChI is InChI=1S/C7H16FNO2S/c1-7(3-5-9)12(10,11)6-2-4-8/h7H,2-6,9H2,1H3. The molecular weight excluding hydrogens is 181 g/mol. The molecular formula is C7H16FNO2S. The zero-order valence-corrected chi connectivity index (χ0v) is 8.11. The van der Waals surface area contributed by atoms with Gasteiger partial charge in [-0.3, -0.25) is 4.39 Å². The van der Waals surface area contributed by atoms with Crippen LogP contribution in [0, 0.1) is 0 Å². The van der Waals surface area contributed by atoms with Crippen molar-refractivity contribution in [1.82, 2.24) is 0 Å². The fourth-order valence-electron chi connectivity index (χ4n) is 0.871. The molecule has 1 atom stereocenters. The third kappa shape index (κ3) is 4.01. The number of hydrogen-bond acceptors (Lipinski definition) is 3. The largest absolute Gasteiger partial charge is 0.330 e. The quantitative estimate of drug-likeness (QED) is 0.674. The molecule has 0 aromatic carbocycles. The summed E-state index contributed by atoms with van der Waals surface area (Å²) in [6, 6.07) is 0. The summed E-state index contributed by atoms with van der Waals surface area (Å²) in [5, 5.41) is -0.436. The summed E-state index contributed by atoms with van der Waals surface area (Å²) in [7, 11) is -3.10. The molecule has 0 bridgehead atoms. The Balaban J connectivity index is 4.01. The fraction of sp³-hybridized carbons (Fsp3) is 1.00. The average Bonchev–Trinajstić information content (AvgIpc) is 2.01. The lowest BCUT2D eigenvalue weighted by Gasteiger charge is -2.10. The molecule has 5 heteroatoms. The fourth-order valence-corrected chi connectivity index (χ4v) is 2.28. The van der Waals surface area contributed by atoms with Crippen molar-refractivity contribution in [2.24, 2.45) is 5.73 Å². The highest BCUT2D eigenvalue weighted by molar-refractivity contribution is 7.91. The molecule has 0 aromatic heterocycles. The Kier molecular flexibility index (Phi) is 5.41. The summed E-state index contributed by atoms with van der Waals surface area (Å²) >= 11 is 0. The second-order valence-electron chi connectivity index (χ2n) is 2.80. The molecule has 0 aromatic rings. The summed E-state index contributed by atoms with van der Waals surface area (Å²) in [5.74, 6) is -0.0648. The molecule has 0 fully saturated rings. The topological polar surface area (TPSA) is 60.2 Å². The molecule has 0 rings (SSSR count). The molecule has 2 N–H and O–H groups in total. The Labute approximate surface area is 73.1 Å². The predicted octanol–water partition coefficient (Wildman–Crippen LogP) is 0.498. The maximum Gasteiger partial charge on any atom is 0.153 e. The Bertz CT molecular complexity index is 203. The van der Waals surface area contributed by atoms with Gasteiger partial charge in [0.15, 0.2) is 9.84 Å². The van der Waals surface area contributed by atoms with Gasteiger partial charge in [0.25, 0.3) is 0 Å². The Morgan fingerprint density at radius 2 is 2.08 bits per heavy atom. The smallest absolute Gasteiger partial charge is 0.153 e. The number of hydrogen-bond donors (Lipinski definition) is 1. The van der Waals surface area contributed by atoms with Crippen LogP contribution >= 0.6 is 0 Å². The third-order valence-corrected chi connectivity index (χ3v) is 4.07. The first-order chi connectivity index (χ1) is 5.54. The van der Waals surface area contributed by atoms with Gasteiger partial charge in [-0.15, -0.1) is 0 Å². The van der Waals surface area contributed by atoms with Crippen LogP contribution in [0.2, 0.25) is 0 Å². The minimum Gasteiger partial charge on any atom is -0.330 e. The molecule has 0 amide bonds. The highest BCUT2D eigenvalue weighted by Gasteiger charge is 2.18. The van der Waals surface area contributed by atoms with Crippen LogP contribution in [0.4, 0.5) is 4.39 Å². The van der Waals surface area contributed by atoms with Gasteiger partial charge >= 0.3 is 0 Å². The SMILES string of the molecule is CC(CCN)S(=O)(=O)CCCF. The summed E-state index contributed by atoms with van der Waals surface area (Å²) in [4.78, 5) is 0. The Morgan fingerprint density at radius 1 is 1.50 bits per heavy atom. The molecule has 0 saturated heterocycles. The summed E-state index contributed by atoms with van der Waals surface area (Å²) in [5.41, 5.74) is 5.22. The molecule has 0 aliphatic carbocycles. The maximum absolute atomic E-state index is 11.7. The van der Waals surface area contributed by atoms with Crippen molar-refractivity contribution in [3.63, 3.8) is 0 Å². The molecule has 1 unspecified atom stereocenters. The van der Waals surface area contributed by atoms with Gasteiger partial charge in [0.1, 0.15) is 0 Å². The van der Waals surface area contributed by atoms with E-state index in [1.165, 1.54) is 0 Å². The Morgan fingerprint density at radius 3 is 2.50 bits per heavy atom. The van der Waals surface area contributed by atoms with Crippen molar-refractivity contribution < 1.29 is 12.8 Å². The van der Waals surface area contributed by atoms with Crippen molar-refractivity contribution in [3.05, 3.63) is 0 Å². The molecule has 0 aliphatic rings. The molecule has 0 aliphatic heterocycles. The van der Waals surface area contributed by atoms with E-state index in [1.807, 2.05) is 0 Å². The summed E-state index contributed by atoms with van der Waals surface area (Å²) < 4.78 is 34.2. The lowest BCUT2D eigenvalue weighted by molar-refractivity contribution is 0.483. The van der Waals surface area contributed by atoms with Crippen molar-refractivity contribution in [2.45, 2.75) is 25.0 Å². The lowest BCUT2D eigenvalue weighted by Crippen LogP contribution is -2.24. The van der Waals surface area contributed by atoms with E-state index >= 15 is 0 Å². The summed E-state index contributed by atoms with van der Waals surface area (Å²) in [6.07, 6.45) is 0.547. The molecule has 12 heavy (non-hydrogen) atoms. The van der Waals surface area contributed by atoms with E-state index < -0.39 is 21.8 Å². The lowest BCUT2D eigenvalue weighted by atomic mass is 10.3. The highest BCUT2D eigenvalue weighted by atomic mass is 32.2.